The molecule has 1 aliphatic rings. The smallest absolute Gasteiger partial charge is 0.253 e. The number of hydrogen-bond acceptors (Lipinski definition) is 6. The van der Waals surface area contributed by atoms with Gasteiger partial charge in [-0.3, -0.25) is 9.59 Å². The quantitative estimate of drug-likeness (QED) is 0.226. The second kappa shape index (κ2) is 11.8. The first-order valence-corrected chi connectivity index (χ1v) is 13.0. The maximum atomic E-state index is 13.1. The van der Waals surface area contributed by atoms with Gasteiger partial charge in [-0.2, -0.15) is 0 Å². The number of nitrogens with zero attached hydrogens (tertiary/aromatic N) is 5. The Bertz CT molecular complexity index is 1600. The molecule has 3 N–H and O–H groups in total. The van der Waals surface area contributed by atoms with Crippen LogP contribution in [-0.2, 0) is 4.79 Å². The maximum absolute atomic E-state index is 13.1. The first-order chi connectivity index (χ1) is 19.4. The minimum atomic E-state index is -0.214. The van der Waals surface area contributed by atoms with Crippen LogP contribution in [0.1, 0.15) is 16.8 Å². The molecule has 202 valence electrons. The van der Waals surface area contributed by atoms with Gasteiger partial charge in [0.15, 0.2) is 0 Å². The normalized spacial score (nSPS) is 15.1. The van der Waals surface area contributed by atoms with E-state index >= 15 is 0 Å². The van der Waals surface area contributed by atoms with Gasteiger partial charge in [0.2, 0.25) is 17.5 Å². The predicted octanol–water partition coefficient (Wildman–Crippen LogP) is 4.56. The lowest BCUT2D eigenvalue weighted by molar-refractivity contribution is -0.111. The molecule has 10 nitrogen and oxygen atoms in total. The van der Waals surface area contributed by atoms with Crippen molar-refractivity contribution >= 4 is 40.0 Å². The highest BCUT2D eigenvalue weighted by molar-refractivity contribution is 6.00. The number of aromatic amines is 1. The standard InChI is InChI=1S/C30H30N8O2/c1-31-26-18-33-30(36-28(26)24-17-32-25-8-5-4-7-23(24)25)35-22-14-16-38(19-22)29(40)20-10-12-21(13-11-20)34-27(39)9-6-15-37(2)3/h4-13,17-18,22,32H,14-16,19H2,2-3H3,(H,34,39)(H,33,35,36)/b9-6+/t22-/m1/s1. The molecule has 1 atom stereocenters. The fourth-order valence-electron chi connectivity index (χ4n) is 4.67. The topological polar surface area (TPSA) is 111 Å². The van der Waals surface area contributed by atoms with E-state index in [4.69, 9.17) is 6.57 Å². The van der Waals surface area contributed by atoms with E-state index in [1.807, 2.05) is 49.5 Å². The third kappa shape index (κ3) is 6.00. The van der Waals surface area contributed by atoms with Crippen LogP contribution in [0.25, 0.3) is 27.0 Å². The van der Waals surface area contributed by atoms with Crippen LogP contribution in [0, 0.1) is 6.57 Å². The maximum Gasteiger partial charge on any atom is 0.253 e. The number of fused-ring (bicyclic) bond motifs is 1. The Morgan fingerprint density at radius 2 is 2.00 bits per heavy atom. The van der Waals surface area contributed by atoms with E-state index in [-0.39, 0.29) is 17.9 Å². The van der Waals surface area contributed by atoms with Gasteiger partial charge in [-0.1, -0.05) is 24.3 Å². The highest BCUT2D eigenvalue weighted by Gasteiger charge is 2.28. The first-order valence-electron chi connectivity index (χ1n) is 13.0. The zero-order valence-corrected chi connectivity index (χ0v) is 22.4. The lowest BCUT2D eigenvalue weighted by Crippen LogP contribution is -2.31. The van der Waals surface area contributed by atoms with Crippen LogP contribution in [0.15, 0.2) is 73.1 Å². The molecule has 40 heavy (non-hydrogen) atoms. The van der Waals surface area contributed by atoms with E-state index in [2.05, 4.69) is 30.4 Å². The number of likely N-dealkylation sites (tertiary alicyclic amines) is 1. The fourth-order valence-corrected chi connectivity index (χ4v) is 4.67. The third-order valence-electron chi connectivity index (χ3n) is 6.68. The lowest BCUT2D eigenvalue weighted by Gasteiger charge is -2.18. The van der Waals surface area contributed by atoms with Crippen LogP contribution in [0.2, 0.25) is 0 Å². The number of carbonyl (C=O) groups is 2. The number of likely N-dealkylation sites (N-methyl/N-ethyl adjacent to an activating group) is 1. The molecule has 1 aliphatic heterocycles. The van der Waals surface area contributed by atoms with E-state index < -0.39 is 0 Å². The molecular weight excluding hydrogens is 504 g/mol. The zero-order valence-electron chi connectivity index (χ0n) is 22.4. The molecule has 3 heterocycles. The minimum absolute atomic E-state index is 0.0222. The summed E-state index contributed by atoms with van der Waals surface area (Å²) < 4.78 is 0. The molecule has 2 aromatic carbocycles. The summed E-state index contributed by atoms with van der Waals surface area (Å²) >= 11 is 0. The second-order valence-electron chi connectivity index (χ2n) is 9.90. The van der Waals surface area contributed by atoms with Gasteiger partial charge < -0.3 is 25.4 Å². The largest absolute Gasteiger partial charge is 0.361 e. The molecule has 0 radical (unpaired) electrons. The number of amides is 2. The highest BCUT2D eigenvalue weighted by Crippen LogP contribution is 2.34. The molecule has 0 saturated carbocycles. The van der Waals surface area contributed by atoms with E-state index in [1.54, 1.807) is 35.2 Å². The van der Waals surface area contributed by atoms with Gasteiger partial charge in [-0.15, -0.1) is 0 Å². The fraction of sp³-hybridized carbons (Fsp3) is 0.233. The minimum Gasteiger partial charge on any atom is -0.361 e. The van der Waals surface area contributed by atoms with Crippen molar-refractivity contribution in [3.8, 4) is 11.3 Å². The number of H-pyrrole nitrogens is 1. The lowest BCUT2D eigenvalue weighted by atomic mass is 10.1. The Kier molecular flexibility index (Phi) is 7.84. The Morgan fingerprint density at radius 3 is 2.77 bits per heavy atom. The Hall–Kier alpha value is -5.01. The number of benzene rings is 2. The molecule has 0 aliphatic carbocycles. The summed E-state index contributed by atoms with van der Waals surface area (Å²) in [5.41, 5.74) is 3.95. The van der Waals surface area contributed by atoms with Crippen molar-refractivity contribution in [3.63, 3.8) is 0 Å². The summed E-state index contributed by atoms with van der Waals surface area (Å²) in [7, 11) is 3.86. The van der Waals surface area contributed by atoms with Crippen molar-refractivity contribution in [1.29, 1.82) is 0 Å². The summed E-state index contributed by atoms with van der Waals surface area (Å²) in [5.74, 6) is 0.136. The van der Waals surface area contributed by atoms with Crippen LogP contribution in [0.3, 0.4) is 0 Å². The van der Waals surface area contributed by atoms with Gasteiger partial charge in [0, 0.05) is 71.9 Å². The average molecular weight is 535 g/mol. The summed E-state index contributed by atoms with van der Waals surface area (Å²) in [6, 6.07) is 14.8. The highest BCUT2D eigenvalue weighted by atomic mass is 16.2. The van der Waals surface area contributed by atoms with Crippen molar-refractivity contribution in [3.05, 3.63) is 90.1 Å². The summed E-state index contributed by atoms with van der Waals surface area (Å²) in [6.07, 6.45) is 7.43. The van der Waals surface area contributed by atoms with E-state index in [9.17, 15) is 9.59 Å². The number of aromatic nitrogens is 3. The SMILES string of the molecule is [C-]#[N+]c1cnc(N[C@@H]2CCN(C(=O)c3ccc(NC(=O)/C=C/CN(C)C)cc3)C2)nc1-c1c[nH]c2ccccc12. The van der Waals surface area contributed by atoms with E-state index in [0.717, 1.165) is 22.9 Å². The van der Waals surface area contributed by atoms with Gasteiger partial charge >= 0.3 is 0 Å². The number of rotatable bonds is 8. The Balaban J connectivity index is 1.21. The summed E-state index contributed by atoms with van der Waals surface area (Å²) in [6.45, 7) is 9.36. The van der Waals surface area contributed by atoms with Crippen LogP contribution in [-0.4, -0.2) is 76.3 Å². The van der Waals surface area contributed by atoms with Gasteiger partial charge in [0.1, 0.15) is 0 Å². The van der Waals surface area contributed by atoms with Crippen molar-refractivity contribution in [1.82, 2.24) is 24.8 Å². The van der Waals surface area contributed by atoms with Crippen LogP contribution in [0.4, 0.5) is 17.3 Å². The number of nitrogens with one attached hydrogen (secondary N) is 3. The molecule has 5 rings (SSSR count). The molecule has 2 amide bonds. The number of carbonyl (C=O) groups excluding carboxylic acids is 2. The zero-order chi connectivity index (χ0) is 28.1. The Labute approximate surface area is 232 Å². The van der Waals surface area contributed by atoms with E-state index in [0.29, 0.717) is 48.2 Å². The van der Waals surface area contributed by atoms with Crippen molar-refractivity contribution < 1.29 is 9.59 Å². The third-order valence-corrected chi connectivity index (χ3v) is 6.68. The Morgan fingerprint density at radius 1 is 1.20 bits per heavy atom. The number of hydrogen-bond donors (Lipinski definition) is 3. The molecule has 0 spiro atoms. The predicted molar refractivity (Wildman–Crippen MR) is 156 cm³/mol. The first kappa shape index (κ1) is 26.6. The van der Waals surface area contributed by atoms with Crippen molar-refractivity contribution in [2.45, 2.75) is 12.5 Å². The monoisotopic (exact) mass is 534 g/mol. The van der Waals surface area contributed by atoms with Gasteiger partial charge in [0.25, 0.3) is 5.91 Å². The number of para-hydroxylation sites is 1. The molecule has 2 aromatic heterocycles. The molecule has 1 fully saturated rings. The molecule has 10 heteroatoms. The van der Waals surface area contributed by atoms with Gasteiger partial charge in [0.05, 0.1) is 12.3 Å². The molecule has 4 aromatic rings. The van der Waals surface area contributed by atoms with E-state index in [1.165, 1.54) is 12.3 Å². The summed E-state index contributed by atoms with van der Waals surface area (Å²) in [5, 5.41) is 7.14. The molecule has 1 saturated heterocycles. The second-order valence-corrected chi connectivity index (χ2v) is 9.90. The van der Waals surface area contributed by atoms with Crippen molar-refractivity contribution in [2.24, 2.45) is 0 Å². The molecular formula is C30H30N8O2. The molecule has 0 unspecified atom stereocenters. The molecule has 0 bridgehead atoms. The van der Waals surface area contributed by atoms with Crippen LogP contribution >= 0.6 is 0 Å². The van der Waals surface area contributed by atoms with Crippen LogP contribution < -0.4 is 10.6 Å². The number of anilines is 2. The van der Waals surface area contributed by atoms with Gasteiger partial charge in [-0.25, -0.2) is 14.8 Å². The average Bonchev–Trinajstić information content (AvgIpc) is 3.60. The van der Waals surface area contributed by atoms with Gasteiger partial charge in [-0.05, 0) is 50.8 Å². The van der Waals surface area contributed by atoms with Crippen LogP contribution in [0.5, 0.6) is 0 Å². The van der Waals surface area contributed by atoms with Crippen molar-refractivity contribution in [2.75, 3.05) is 44.4 Å². The summed E-state index contributed by atoms with van der Waals surface area (Å²) in [4.78, 5) is 44.9.